The first kappa shape index (κ1) is 16.6. The third-order valence-electron chi connectivity index (χ3n) is 6.15. The van der Waals surface area contributed by atoms with E-state index >= 15 is 0 Å². The first-order valence-electron chi connectivity index (χ1n) is 9.16. The Morgan fingerprint density at radius 2 is 1.78 bits per heavy atom. The number of benzene rings is 1. The third-order valence-corrected chi connectivity index (χ3v) is 6.15. The molecule has 0 aliphatic heterocycles. The summed E-state index contributed by atoms with van der Waals surface area (Å²) in [5, 5.41) is 1.39. The Morgan fingerprint density at radius 1 is 1.13 bits per heavy atom. The van der Waals surface area contributed by atoms with Crippen LogP contribution < -0.4 is 5.73 Å². The van der Waals surface area contributed by atoms with Gasteiger partial charge in [-0.3, -0.25) is 0 Å². The minimum atomic E-state index is 0.447. The zero-order valence-corrected chi connectivity index (χ0v) is 15.2. The second-order valence-electron chi connectivity index (χ2n) is 8.53. The van der Waals surface area contributed by atoms with Crippen molar-refractivity contribution in [1.29, 1.82) is 0 Å². The molecule has 0 saturated heterocycles. The van der Waals surface area contributed by atoms with Gasteiger partial charge in [0, 0.05) is 30.1 Å². The van der Waals surface area contributed by atoms with Gasteiger partial charge in [0.25, 0.3) is 0 Å². The van der Waals surface area contributed by atoms with E-state index in [-0.39, 0.29) is 0 Å². The molecule has 126 valence electrons. The van der Waals surface area contributed by atoms with Crippen LogP contribution in [0, 0.1) is 17.3 Å². The second-order valence-corrected chi connectivity index (χ2v) is 8.53. The van der Waals surface area contributed by atoms with E-state index in [0.717, 1.165) is 18.4 Å². The van der Waals surface area contributed by atoms with Gasteiger partial charge in [-0.2, -0.15) is 0 Å². The van der Waals surface area contributed by atoms with Gasteiger partial charge >= 0.3 is 0 Å². The van der Waals surface area contributed by atoms with E-state index in [1.165, 1.54) is 42.1 Å². The predicted molar refractivity (Wildman–Crippen MR) is 99.6 cm³/mol. The van der Waals surface area contributed by atoms with Gasteiger partial charge in [-0.1, -0.05) is 39.0 Å². The zero-order chi connectivity index (χ0) is 16.6. The van der Waals surface area contributed by atoms with Crippen molar-refractivity contribution in [3.05, 3.63) is 36.0 Å². The van der Waals surface area contributed by atoms with Crippen LogP contribution in [0.15, 0.2) is 30.5 Å². The highest BCUT2D eigenvalue weighted by Gasteiger charge is 2.33. The standard InChI is InChI=1S/C21H32N2/c1-21(2,3)16-11-9-15(10-12-16)18(13-22)19-14-23(4)20-8-6-5-7-17(19)20/h5-8,14-16,18H,9-13,22H2,1-4H3. The van der Waals surface area contributed by atoms with Crippen LogP contribution in [-0.4, -0.2) is 11.1 Å². The van der Waals surface area contributed by atoms with Crippen LogP contribution in [0.5, 0.6) is 0 Å². The molecule has 1 aliphatic rings. The van der Waals surface area contributed by atoms with Crippen LogP contribution in [0.3, 0.4) is 0 Å². The summed E-state index contributed by atoms with van der Waals surface area (Å²) in [5.74, 6) is 2.11. The smallest absolute Gasteiger partial charge is 0.0480 e. The lowest BCUT2D eigenvalue weighted by Gasteiger charge is -2.39. The summed E-state index contributed by atoms with van der Waals surface area (Å²) < 4.78 is 2.26. The Labute approximate surface area is 141 Å². The number of aromatic nitrogens is 1. The molecular weight excluding hydrogens is 280 g/mol. The maximum atomic E-state index is 6.25. The molecule has 1 aromatic heterocycles. The fourth-order valence-electron chi connectivity index (χ4n) is 4.63. The van der Waals surface area contributed by atoms with E-state index in [1.54, 1.807) is 0 Å². The van der Waals surface area contributed by atoms with Crippen molar-refractivity contribution in [1.82, 2.24) is 4.57 Å². The van der Waals surface area contributed by atoms with Gasteiger partial charge in [0.1, 0.15) is 0 Å². The van der Waals surface area contributed by atoms with Crippen molar-refractivity contribution >= 4 is 10.9 Å². The molecule has 2 N–H and O–H groups in total. The molecule has 1 saturated carbocycles. The van der Waals surface area contributed by atoms with Crippen molar-refractivity contribution in [3.8, 4) is 0 Å². The summed E-state index contributed by atoms with van der Waals surface area (Å²) in [4.78, 5) is 0. The third kappa shape index (κ3) is 3.19. The van der Waals surface area contributed by atoms with Gasteiger partial charge in [0.05, 0.1) is 0 Å². The lowest BCUT2D eigenvalue weighted by atomic mass is 9.66. The number of hydrogen-bond donors (Lipinski definition) is 1. The number of fused-ring (bicyclic) bond motifs is 1. The van der Waals surface area contributed by atoms with Crippen LogP contribution in [-0.2, 0) is 7.05 Å². The van der Waals surface area contributed by atoms with Crippen LogP contribution in [0.2, 0.25) is 0 Å². The Morgan fingerprint density at radius 3 is 2.39 bits per heavy atom. The van der Waals surface area contributed by atoms with E-state index in [1.807, 2.05) is 0 Å². The van der Waals surface area contributed by atoms with Gasteiger partial charge in [0.2, 0.25) is 0 Å². The monoisotopic (exact) mass is 312 g/mol. The molecule has 1 heterocycles. The average molecular weight is 313 g/mol. The van der Waals surface area contributed by atoms with E-state index in [4.69, 9.17) is 5.73 Å². The molecule has 23 heavy (non-hydrogen) atoms. The predicted octanol–water partition coefficient (Wildman–Crippen LogP) is 5.07. The first-order valence-corrected chi connectivity index (χ1v) is 9.16. The fourth-order valence-corrected chi connectivity index (χ4v) is 4.63. The summed E-state index contributed by atoms with van der Waals surface area (Å²) in [6.45, 7) is 7.94. The lowest BCUT2D eigenvalue weighted by molar-refractivity contribution is 0.140. The lowest BCUT2D eigenvalue weighted by Crippen LogP contribution is -2.30. The molecule has 0 radical (unpaired) electrons. The van der Waals surface area contributed by atoms with Crippen LogP contribution in [0.1, 0.15) is 57.9 Å². The van der Waals surface area contributed by atoms with Gasteiger partial charge in [-0.05, 0) is 61.1 Å². The van der Waals surface area contributed by atoms with Crippen molar-refractivity contribution < 1.29 is 0 Å². The molecule has 2 nitrogen and oxygen atoms in total. The number of nitrogens with zero attached hydrogens (tertiary/aromatic N) is 1. The van der Waals surface area contributed by atoms with Gasteiger partial charge in [0.15, 0.2) is 0 Å². The Balaban J connectivity index is 1.83. The van der Waals surface area contributed by atoms with Crippen molar-refractivity contribution in [2.75, 3.05) is 6.54 Å². The van der Waals surface area contributed by atoms with E-state index in [0.29, 0.717) is 11.3 Å². The molecule has 0 bridgehead atoms. The first-order chi connectivity index (χ1) is 10.9. The maximum absolute atomic E-state index is 6.25. The molecule has 1 aromatic carbocycles. The summed E-state index contributed by atoms with van der Waals surface area (Å²) >= 11 is 0. The maximum Gasteiger partial charge on any atom is 0.0480 e. The van der Waals surface area contributed by atoms with Crippen LogP contribution in [0.25, 0.3) is 10.9 Å². The highest BCUT2D eigenvalue weighted by Crippen LogP contribution is 2.45. The minimum Gasteiger partial charge on any atom is -0.350 e. The molecule has 0 spiro atoms. The average Bonchev–Trinajstić information content (AvgIpc) is 2.85. The van der Waals surface area contributed by atoms with Crippen molar-refractivity contribution in [2.45, 2.75) is 52.4 Å². The van der Waals surface area contributed by atoms with Crippen molar-refractivity contribution in [2.24, 2.45) is 30.0 Å². The molecule has 2 aromatic rings. The topological polar surface area (TPSA) is 30.9 Å². The number of aryl methyl sites for hydroxylation is 1. The molecule has 1 fully saturated rings. The van der Waals surface area contributed by atoms with Gasteiger partial charge < -0.3 is 10.3 Å². The SMILES string of the molecule is Cn1cc(C(CN)C2CCC(C(C)(C)C)CC2)c2ccccc21. The number of rotatable bonds is 3. The molecule has 3 rings (SSSR count). The molecule has 0 amide bonds. The molecular formula is C21H32N2. The Hall–Kier alpha value is -1.28. The van der Waals surface area contributed by atoms with Crippen molar-refractivity contribution in [3.63, 3.8) is 0 Å². The fraction of sp³-hybridized carbons (Fsp3) is 0.619. The highest BCUT2D eigenvalue weighted by atomic mass is 14.9. The van der Waals surface area contributed by atoms with Gasteiger partial charge in [-0.25, -0.2) is 0 Å². The molecule has 2 heteroatoms. The number of nitrogens with two attached hydrogens (primary N) is 1. The normalized spacial score (nSPS) is 24.0. The van der Waals surface area contributed by atoms with E-state index < -0.39 is 0 Å². The van der Waals surface area contributed by atoms with Crippen LogP contribution >= 0.6 is 0 Å². The summed E-state index contributed by atoms with van der Waals surface area (Å²) in [6.07, 6.45) is 7.68. The quantitative estimate of drug-likeness (QED) is 0.842. The summed E-state index contributed by atoms with van der Waals surface area (Å²) in [6, 6.07) is 8.74. The molecule has 1 unspecified atom stereocenters. The molecule has 1 aliphatic carbocycles. The summed E-state index contributed by atoms with van der Waals surface area (Å²) in [5.41, 5.74) is 9.48. The number of para-hydroxylation sites is 1. The van der Waals surface area contributed by atoms with Gasteiger partial charge in [-0.15, -0.1) is 0 Å². The zero-order valence-electron chi connectivity index (χ0n) is 15.2. The van der Waals surface area contributed by atoms with E-state index in [9.17, 15) is 0 Å². The van der Waals surface area contributed by atoms with Crippen LogP contribution in [0.4, 0.5) is 0 Å². The Bertz CT molecular complexity index is 654. The molecule has 1 atom stereocenters. The van der Waals surface area contributed by atoms with E-state index in [2.05, 4.69) is 62.8 Å². The Kier molecular flexibility index (Phi) is 4.55. The minimum absolute atomic E-state index is 0.447. The largest absolute Gasteiger partial charge is 0.350 e. The second kappa shape index (κ2) is 6.32. The number of hydrogen-bond acceptors (Lipinski definition) is 1. The summed E-state index contributed by atoms with van der Waals surface area (Å²) in [7, 11) is 2.15. The highest BCUT2D eigenvalue weighted by molar-refractivity contribution is 5.84.